The third kappa shape index (κ3) is 2.41. The van der Waals surface area contributed by atoms with E-state index in [9.17, 15) is 13.9 Å². The number of aryl methyl sites for hydroxylation is 2. The van der Waals surface area contributed by atoms with E-state index in [4.69, 9.17) is 0 Å². The van der Waals surface area contributed by atoms with Gasteiger partial charge in [-0.1, -0.05) is 24.3 Å². The van der Waals surface area contributed by atoms with Crippen LogP contribution in [0, 0.1) is 25.5 Å². The predicted molar refractivity (Wildman–Crippen MR) is 66.3 cm³/mol. The molecule has 18 heavy (non-hydrogen) atoms. The van der Waals surface area contributed by atoms with Gasteiger partial charge in [0.1, 0.15) is 6.10 Å². The lowest BCUT2D eigenvalue weighted by molar-refractivity contribution is 0.219. The first-order valence-electron chi connectivity index (χ1n) is 5.69. The van der Waals surface area contributed by atoms with Crippen LogP contribution in [-0.2, 0) is 0 Å². The van der Waals surface area contributed by atoms with Crippen molar-refractivity contribution in [3.8, 4) is 0 Å². The molecule has 0 aliphatic heterocycles. The van der Waals surface area contributed by atoms with E-state index >= 15 is 0 Å². The molecule has 0 spiro atoms. The second-order valence-electron chi connectivity index (χ2n) is 4.42. The normalized spacial score (nSPS) is 12.5. The molecule has 2 aromatic rings. The van der Waals surface area contributed by atoms with E-state index in [0.29, 0.717) is 11.1 Å². The van der Waals surface area contributed by atoms with Gasteiger partial charge in [-0.15, -0.1) is 0 Å². The van der Waals surface area contributed by atoms with Gasteiger partial charge < -0.3 is 5.11 Å². The van der Waals surface area contributed by atoms with Crippen LogP contribution in [0.5, 0.6) is 0 Å². The molecular weight excluding hydrogens is 234 g/mol. The average Bonchev–Trinajstić information content (AvgIpc) is 2.35. The van der Waals surface area contributed by atoms with E-state index in [0.717, 1.165) is 23.3 Å². The van der Waals surface area contributed by atoms with Gasteiger partial charge in [0.25, 0.3) is 0 Å². The molecule has 0 aromatic heterocycles. The largest absolute Gasteiger partial charge is 0.384 e. The van der Waals surface area contributed by atoms with Crippen molar-refractivity contribution in [3.63, 3.8) is 0 Å². The van der Waals surface area contributed by atoms with Crippen molar-refractivity contribution in [2.75, 3.05) is 0 Å². The van der Waals surface area contributed by atoms with Gasteiger partial charge >= 0.3 is 0 Å². The molecule has 0 saturated carbocycles. The first-order valence-corrected chi connectivity index (χ1v) is 5.69. The topological polar surface area (TPSA) is 20.2 Å². The molecule has 94 valence electrons. The van der Waals surface area contributed by atoms with Crippen molar-refractivity contribution in [1.29, 1.82) is 0 Å². The van der Waals surface area contributed by atoms with Gasteiger partial charge in [0.15, 0.2) is 11.6 Å². The summed E-state index contributed by atoms with van der Waals surface area (Å²) in [7, 11) is 0. The van der Waals surface area contributed by atoms with Crippen molar-refractivity contribution in [1.82, 2.24) is 0 Å². The summed E-state index contributed by atoms with van der Waals surface area (Å²) in [6, 6.07) is 8.96. The van der Waals surface area contributed by atoms with Crippen LogP contribution in [0.15, 0.2) is 36.4 Å². The lowest BCUT2D eigenvalue weighted by atomic mass is 9.98. The van der Waals surface area contributed by atoms with Crippen LogP contribution in [0.2, 0.25) is 0 Å². The van der Waals surface area contributed by atoms with Crippen molar-refractivity contribution >= 4 is 0 Å². The molecule has 1 nitrogen and oxygen atoms in total. The van der Waals surface area contributed by atoms with Gasteiger partial charge in [-0.3, -0.25) is 0 Å². The molecule has 1 atom stereocenters. The number of rotatable bonds is 2. The summed E-state index contributed by atoms with van der Waals surface area (Å²) in [6.07, 6.45) is -0.945. The van der Waals surface area contributed by atoms with Gasteiger partial charge in [-0.25, -0.2) is 8.78 Å². The van der Waals surface area contributed by atoms with Crippen molar-refractivity contribution in [2.24, 2.45) is 0 Å². The van der Waals surface area contributed by atoms with E-state index in [-0.39, 0.29) is 0 Å². The maximum absolute atomic E-state index is 13.1. The highest BCUT2D eigenvalue weighted by molar-refractivity contribution is 5.36. The first kappa shape index (κ1) is 12.7. The SMILES string of the molecule is Cc1ccc(C(O)c2ccc(F)c(F)c2)cc1C. The van der Waals surface area contributed by atoms with E-state index in [1.165, 1.54) is 6.07 Å². The van der Waals surface area contributed by atoms with E-state index in [2.05, 4.69) is 0 Å². The highest BCUT2D eigenvalue weighted by Gasteiger charge is 2.13. The molecule has 1 unspecified atom stereocenters. The summed E-state index contributed by atoms with van der Waals surface area (Å²) < 4.78 is 25.9. The summed E-state index contributed by atoms with van der Waals surface area (Å²) in [5.74, 6) is -1.86. The van der Waals surface area contributed by atoms with Crippen molar-refractivity contribution in [3.05, 3.63) is 70.3 Å². The highest BCUT2D eigenvalue weighted by atomic mass is 19.2. The first-order chi connectivity index (χ1) is 8.49. The quantitative estimate of drug-likeness (QED) is 0.859. The minimum Gasteiger partial charge on any atom is -0.384 e. The predicted octanol–water partition coefficient (Wildman–Crippen LogP) is 3.66. The zero-order valence-corrected chi connectivity index (χ0v) is 10.2. The Hall–Kier alpha value is -1.74. The van der Waals surface area contributed by atoms with Gasteiger partial charge in [0, 0.05) is 0 Å². The van der Waals surface area contributed by atoms with E-state index in [1.54, 1.807) is 6.07 Å². The molecule has 2 aromatic carbocycles. The molecule has 0 fully saturated rings. The monoisotopic (exact) mass is 248 g/mol. The van der Waals surface area contributed by atoms with E-state index < -0.39 is 17.7 Å². The summed E-state index contributed by atoms with van der Waals surface area (Å²) in [5.41, 5.74) is 3.19. The molecule has 0 bridgehead atoms. The fourth-order valence-electron chi connectivity index (χ4n) is 1.81. The molecule has 0 aliphatic carbocycles. The second-order valence-corrected chi connectivity index (χ2v) is 4.42. The Labute approximate surface area is 105 Å². The van der Waals surface area contributed by atoms with Crippen LogP contribution in [0.4, 0.5) is 8.78 Å². The Balaban J connectivity index is 2.37. The highest BCUT2D eigenvalue weighted by Crippen LogP contribution is 2.24. The van der Waals surface area contributed by atoms with Crippen LogP contribution in [0.3, 0.4) is 0 Å². The van der Waals surface area contributed by atoms with Crippen molar-refractivity contribution in [2.45, 2.75) is 20.0 Å². The van der Waals surface area contributed by atoms with Crippen molar-refractivity contribution < 1.29 is 13.9 Å². The Morgan fingerprint density at radius 2 is 1.44 bits per heavy atom. The van der Waals surface area contributed by atoms with Crippen LogP contribution >= 0.6 is 0 Å². The minimum atomic E-state index is -0.949. The van der Waals surface area contributed by atoms with E-state index in [1.807, 2.05) is 26.0 Å². The fourth-order valence-corrected chi connectivity index (χ4v) is 1.81. The fraction of sp³-hybridized carbons (Fsp3) is 0.200. The van der Waals surface area contributed by atoms with Crippen LogP contribution in [-0.4, -0.2) is 5.11 Å². The zero-order valence-electron chi connectivity index (χ0n) is 10.2. The summed E-state index contributed by atoms with van der Waals surface area (Å²) >= 11 is 0. The number of hydrogen-bond donors (Lipinski definition) is 1. The second kappa shape index (κ2) is 4.86. The van der Waals surface area contributed by atoms with Gasteiger partial charge in [0.2, 0.25) is 0 Å². The zero-order chi connectivity index (χ0) is 13.3. The standard InChI is InChI=1S/C15H14F2O/c1-9-3-4-11(7-10(9)2)15(18)12-5-6-13(16)14(17)8-12/h3-8,15,18H,1-2H3. The molecule has 0 radical (unpaired) electrons. The molecule has 0 amide bonds. The molecule has 3 heteroatoms. The maximum Gasteiger partial charge on any atom is 0.159 e. The summed E-state index contributed by atoms with van der Waals surface area (Å²) in [5, 5.41) is 10.1. The number of benzene rings is 2. The number of aliphatic hydroxyl groups is 1. The number of halogens is 2. The van der Waals surface area contributed by atoms with Crippen LogP contribution in [0.25, 0.3) is 0 Å². The average molecular weight is 248 g/mol. The lowest BCUT2D eigenvalue weighted by Crippen LogP contribution is -2.01. The Kier molecular flexibility index (Phi) is 3.43. The third-order valence-electron chi connectivity index (χ3n) is 3.11. The molecule has 0 saturated heterocycles. The molecular formula is C15H14F2O. The summed E-state index contributed by atoms with van der Waals surface area (Å²) in [4.78, 5) is 0. The van der Waals surface area contributed by atoms with Crippen LogP contribution in [0.1, 0.15) is 28.4 Å². The maximum atomic E-state index is 13.1. The Morgan fingerprint density at radius 3 is 2.06 bits per heavy atom. The summed E-state index contributed by atoms with van der Waals surface area (Å²) in [6.45, 7) is 3.92. The van der Waals surface area contributed by atoms with Gasteiger partial charge in [-0.2, -0.15) is 0 Å². The van der Waals surface area contributed by atoms with Crippen LogP contribution < -0.4 is 0 Å². The molecule has 0 aliphatic rings. The third-order valence-corrected chi connectivity index (χ3v) is 3.11. The number of aliphatic hydroxyl groups excluding tert-OH is 1. The Morgan fingerprint density at radius 1 is 0.833 bits per heavy atom. The molecule has 1 N–H and O–H groups in total. The van der Waals surface area contributed by atoms with Gasteiger partial charge in [0.05, 0.1) is 0 Å². The molecule has 0 heterocycles. The van der Waals surface area contributed by atoms with Gasteiger partial charge in [-0.05, 0) is 48.2 Å². The smallest absolute Gasteiger partial charge is 0.159 e. The number of hydrogen-bond acceptors (Lipinski definition) is 1. The Bertz CT molecular complexity index is 527. The lowest BCUT2D eigenvalue weighted by Gasteiger charge is -2.13. The minimum absolute atomic E-state index is 0.345. The molecule has 2 rings (SSSR count).